The summed E-state index contributed by atoms with van der Waals surface area (Å²) in [6.45, 7) is 4.31. The molecule has 1 atom stereocenters. The van der Waals surface area contributed by atoms with Crippen LogP contribution in [0.1, 0.15) is 25.3 Å². The Balaban J connectivity index is 1.42. The highest BCUT2D eigenvalue weighted by atomic mass is 32.1. The number of anilines is 1. The molecule has 1 aromatic heterocycles. The van der Waals surface area contributed by atoms with E-state index in [4.69, 9.17) is 4.74 Å². The van der Waals surface area contributed by atoms with Crippen molar-refractivity contribution in [3.63, 3.8) is 0 Å². The molecule has 0 radical (unpaired) electrons. The van der Waals surface area contributed by atoms with E-state index in [-0.39, 0.29) is 18.1 Å². The Bertz CT molecular complexity index is 627. The first-order valence-electron chi connectivity index (χ1n) is 8.19. The van der Waals surface area contributed by atoms with Gasteiger partial charge in [0.2, 0.25) is 11.0 Å². The van der Waals surface area contributed by atoms with Crippen molar-refractivity contribution in [2.24, 2.45) is 0 Å². The van der Waals surface area contributed by atoms with Crippen LogP contribution in [0.15, 0.2) is 35.8 Å². The number of nitrogens with one attached hydrogen (secondary N) is 1. The van der Waals surface area contributed by atoms with Gasteiger partial charge in [-0.3, -0.25) is 15.0 Å². The molecule has 1 fully saturated rings. The Morgan fingerprint density at radius 2 is 2.12 bits per heavy atom. The largest absolute Gasteiger partial charge is 0.373 e. The fourth-order valence-corrected chi connectivity index (χ4v) is 3.27. The van der Waals surface area contributed by atoms with Gasteiger partial charge in [-0.05, 0) is 25.3 Å². The topological polar surface area (TPSA) is 67.4 Å². The lowest BCUT2D eigenvalue weighted by Gasteiger charge is -2.35. The lowest BCUT2D eigenvalue weighted by atomic mass is 10.1. The molecule has 1 amide bonds. The van der Waals surface area contributed by atoms with Gasteiger partial charge >= 0.3 is 0 Å². The van der Waals surface area contributed by atoms with Crippen molar-refractivity contribution in [2.45, 2.75) is 38.5 Å². The summed E-state index contributed by atoms with van der Waals surface area (Å²) in [5.41, 5.74) is 2.81. The molecule has 3 rings (SSSR count). The van der Waals surface area contributed by atoms with Crippen LogP contribution < -0.4 is 5.32 Å². The third-order valence-corrected chi connectivity index (χ3v) is 4.93. The van der Waals surface area contributed by atoms with Crippen molar-refractivity contribution in [3.8, 4) is 0 Å². The molecule has 6 nitrogen and oxygen atoms in total. The lowest BCUT2D eigenvalue weighted by Crippen LogP contribution is -2.47. The van der Waals surface area contributed by atoms with Crippen molar-refractivity contribution in [3.05, 3.63) is 41.4 Å². The molecule has 1 saturated heterocycles. The van der Waals surface area contributed by atoms with Crippen LogP contribution in [-0.4, -0.2) is 46.2 Å². The van der Waals surface area contributed by atoms with Crippen LogP contribution in [0, 0.1) is 0 Å². The van der Waals surface area contributed by atoms with E-state index in [1.807, 2.05) is 25.1 Å². The summed E-state index contributed by atoms with van der Waals surface area (Å²) in [5, 5.41) is 10.9. The first-order valence-corrected chi connectivity index (χ1v) is 9.07. The Morgan fingerprint density at radius 1 is 1.38 bits per heavy atom. The summed E-state index contributed by atoms with van der Waals surface area (Å²) in [5.74, 6) is -0.0320. The summed E-state index contributed by atoms with van der Waals surface area (Å²) < 4.78 is 6.00. The van der Waals surface area contributed by atoms with E-state index < -0.39 is 0 Å². The number of ether oxygens (including phenoxy) is 1. The van der Waals surface area contributed by atoms with Gasteiger partial charge in [0.15, 0.2) is 0 Å². The van der Waals surface area contributed by atoms with Crippen LogP contribution in [0.3, 0.4) is 0 Å². The summed E-state index contributed by atoms with van der Waals surface area (Å²) in [4.78, 5) is 14.4. The highest BCUT2D eigenvalue weighted by Crippen LogP contribution is 2.18. The number of carbonyl (C=O) groups excluding carboxylic acids is 1. The third kappa shape index (κ3) is 4.59. The van der Waals surface area contributed by atoms with Gasteiger partial charge in [-0.1, -0.05) is 41.7 Å². The Labute approximate surface area is 145 Å². The molecule has 2 aromatic rings. The number of nitrogens with zero attached hydrogens (tertiary/aromatic N) is 3. The second kappa shape index (κ2) is 8.32. The first kappa shape index (κ1) is 17.0. The zero-order valence-corrected chi connectivity index (χ0v) is 14.5. The van der Waals surface area contributed by atoms with Crippen LogP contribution in [0.4, 0.5) is 5.13 Å². The first-order chi connectivity index (χ1) is 11.7. The summed E-state index contributed by atoms with van der Waals surface area (Å²) in [6.07, 6.45) is 2.16. The minimum atomic E-state index is -0.177. The van der Waals surface area contributed by atoms with Crippen molar-refractivity contribution >= 4 is 22.4 Å². The van der Waals surface area contributed by atoms with Gasteiger partial charge in [0, 0.05) is 13.1 Å². The molecule has 1 aliphatic heterocycles. The standard InChI is InChI=1S/C17H22N4O2S/c1-13(16(22)19-17-20-18-12-24-17)21-9-7-15(8-10-21)23-11-14-5-3-2-4-6-14/h2-6,12-13,15H,7-11H2,1H3,(H,19,20,22)/t13-/m0/s1. The molecule has 1 aromatic carbocycles. The maximum Gasteiger partial charge on any atom is 0.243 e. The molecule has 0 spiro atoms. The van der Waals surface area contributed by atoms with E-state index in [0.717, 1.165) is 25.9 Å². The number of carbonyl (C=O) groups is 1. The van der Waals surface area contributed by atoms with Crippen molar-refractivity contribution < 1.29 is 9.53 Å². The average Bonchev–Trinajstić information content (AvgIpc) is 3.13. The van der Waals surface area contributed by atoms with E-state index in [0.29, 0.717) is 11.7 Å². The number of likely N-dealkylation sites (tertiary alicyclic amines) is 1. The quantitative estimate of drug-likeness (QED) is 0.871. The predicted molar refractivity (Wildman–Crippen MR) is 93.8 cm³/mol. The molecule has 7 heteroatoms. The van der Waals surface area contributed by atoms with E-state index in [1.54, 1.807) is 5.51 Å². The van der Waals surface area contributed by atoms with Gasteiger partial charge in [-0.25, -0.2) is 0 Å². The van der Waals surface area contributed by atoms with Gasteiger partial charge in [0.1, 0.15) is 5.51 Å². The van der Waals surface area contributed by atoms with E-state index >= 15 is 0 Å². The monoisotopic (exact) mass is 346 g/mol. The van der Waals surface area contributed by atoms with Gasteiger partial charge in [0.25, 0.3) is 0 Å². The molecular formula is C17H22N4O2S. The number of rotatable bonds is 6. The minimum Gasteiger partial charge on any atom is -0.373 e. The van der Waals surface area contributed by atoms with Crippen LogP contribution in [0.5, 0.6) is 0 Å². The Kier molecular flexibility index (Phi) is 5.90. The summed E-state index contributed by atoms with van der Waals surface area (Å²) >= 11 is 1.33. The van der Waals surface area contributed by atoms with Crippen LogP contribution in [0.25, 0.3) is 0 Å². The van der Waals surface area contributed by atoms with Crippen LogP contribution in [0.2, 0.25) is 0 Å². The van der Waals surface area contributed by atoms with Gasteiger partial charge in [-0.15, -0.1) is 10.2 Å². The normalized spacial score (nSPS) is 17.5. The highest BCUT2D eigenvalue weighted by molar-refractivity contribution is 7.13. The molecule has 1 aliphatic rings. The molecule has 128 valence electrons. The SMILES string of the molecule is C[C@@H](C(=O)Nc1nncs1)N1CCC(OCc2ccccc2)CC1. The molecule has 2 heterocycles. The van der Waals surface area contributed by atoms with Crippen LogP contribution in [-0.2, 0) is 16.1 Å². The van der Waals surface area contributed by atoms with Crippen LogP contribution >= 0.6 is 11.3 Å². The summed E-state index contributed by atoms with van der Waals surface area (Å²) in [7, 11) is 0. The summed E-state index contributed by atoms with van der Waals surface area (Å²) in [6, 6.07) is 10.0. The van der Waals surface area contributed by atoms with E-state index in [9.17, 15) is 4.79 Å². The van der Waals surface area contributed by atoms with E-state index in [1.165, 1.54) is 16.9 Å². The molecule has 0 saturated carbocycles. The van der Waals surface area contributed by atoms with Crippen molar-refractivity contribution in [2.75, 3.05) is 18.4 Å². The fourth-order valence-electron chi connectivity index (χ4n) is 2.82. The van der Waals surface area contributed by atoms with Crippen molar-refractivity contribution in [1.29, 1.82) is 0 Å². The maximum atomic E-state index is 12.3. The number of hydrogen-bond acceptors (Lipinski definition) is 6. The van der Waals surface area contributed by atoms with E-state index in [2.05, 4.69) is 32.5 Å². The van der Waals surface area contributed by atoms with Crippen molar-refractivity contribution in [1.82, 2.24) is 15.1 Å². The number of piperidine rings is 1. The minimum absolute atomic E-state index is 0.0320. The van der Waals surface area contributed by atoms with Gasteiger partial charge in [-0.2, -0.15) is 0 Å². The Hall–Kier alpha value is -1.83. The number of amides is 1. The zero-order chi connectivity index (χ0) is 16.8. The number of hydrogen-bond donors (Lipinski definition) is 1. The third-order valence-electron chi connectivity index (χ3n) is 4.32. The van der Waals surface area contributed by atoms with Gasteiger partial charge in [0.05, 0.1) is 18.8 Å². The molecular weight excluding hydrogens is 324 g/mol. The highest BCUT2D eigenvalue weighted by Gasteiger charge is 2.27. The predicted octanol–water partition coefficient (Wildman–Crippen LogP) is 2.55. The molecule has 1 N–H and O–H groups in total. The average molecular weight is 346 g/mol. The smallest absolute Gasteiger partial charge is 0.243 e. The Morgan fingerprint density at radius 3 is 2.79 bits per heavy atom. The second-order valence-electron chi connectivity index (χ2n) is 5.94. The molecule has 0 aliphatic carbocycles. The maximum absolute atomic E-state index is 12.3. The second-order valence-corrected chi connectivity index (χ2v) is 6.77. The number of aromatic nitrogens is 2. The number of benzene rings is 1. The molecule has 24 heavy (non-hydrogen) atoms. The fraction of sp³-hybridized carbons (Fsp3) is 0.471. The lowest BCUT2D eigenvalue weighted by molar-refractivity contribution is -0.122. The zero-order valence-electron chi connectivity index (χ0n) is 13.7. The molecule has 0 unspecified atom stereocenters. The molecule has 0 bridgehead atoms. The van der Waals surface area contributed by atoms with Gasteiger partial charge < -0.3 is 4.74 Å².